The minimum absolute atomic E-state index is 0.0525. The summed E-state index contributed by atoms with van der Waals surface area (Å²) in [5.41, 5.74) is 3.33. The number of aryl methyl sites for hydroxylation is 1. The molecule has 126 valence electrons. The molecule has 0 atom stereocenters. The Kier molecular flexibility index (Phi) is 6.43. The van der Waals surface area contributed by atoms with E-state index in [9.17, 15) is 4.79 Å². The summed E-state index contributed by atoms with van der Waals surface area (Å²) in [6.45, 7) is 6.18. The first kappa shape index (κ1) is 17.6. The molecule has 2 aromatic carbocycles. The van der Waals surface area contributed by atoms with Crippen molar-refractivity contribution in [3.05, 3.63) is 71.8 Å². The van der Waals surface area contributed by atoms with E-state index >= 15 is 0 Å². The molecule has 0 aromatic heterocycles. The second-order valence-corrected chi connectivity index (χ2v) is 5.47. The second kappa shape index (κ2) is 8.77. The van der Waals surface area contributed by atoms with Crippen LogP contribution in [0.3, 0.4) is 0 Å². The minimum atomic E-state index is -0.171. The van der Waals surface area contributed by atoms with Gasteiger partial charge in [-0.2, -0.15) is 0 Å². The van der Waals surface area contributed by atoms with Gasteiger partial charge in [0, 0.05) is 6.54 Å². The van der Waals surface area contributed by atoms with E-state index < -0.39 is 0 Å². The molecule has 0 saturated heterocycles. The number of methoxy groups -OCH3 is 1. The zero-order valence-electron chi connectivity index (χ0n) is 14.2. The molecule has 0 spiro atoms. The number of ether oxygens (including phenoxy) is 2. The van der Waals surface area contributed by atoms with Crippen LogP contribution in [-0.4, -0.2) is 19.6 Å². The number of benzene rings is 2. The van der Waals surface area contributed by atoms with Crippen molar-refractivity contribution < 1.29 is 14.3 Å². The van der Waals surface area contributed by atoms with E-state index in [0.29, 0.717) is 18.0 Å². The first-order valence-corrected chi connectivity index (χ1v) is 7.86. The van der Waals surface area contributed by atoms with Gasteiger partial charge < -0.3 is 14.8 Å². The highest BCUT2D eigenvalue weighted by atomic mass is 16.5. The molecule has 0 radical (unpaired) electrons. The Labute approximate surface area is 143 Å². The van der Waals surface area contributed by atoms with Gasteiger partial charge in [0.2, 0.25) is 0 Å². The second-order valence-electron chi connectivity index (χ2n) is 5.47. The van der Waals surface area contributed by atoms with Gasteiger partial charge in [-0.1, -0.05) is 36.4 Å². The number of rotatable bonds is 8. The minimum Gasteiger partial charge on any atom is -0.493 e. The van der Waals surface area contributed by atoms with Crippen molar-refractivity contribution in [3.63, 3.8) is 0 Å². The van der Waals surface area contributed by atoms with E-state index in [2.05, 4.69) is 11.9 Å². The fourth-order valence-corrected chi connectivity index (χ4v) is 2.32. The van der Waals surface area contributed by atoms with Crippen LogP contribution in [0.1, 0.15) is 16.7 Å². The molecule has 0 fully saturated rings. The number of hydrogen-bond acceptors (Lipinski definition) is 3. The molecule has 0 saturated carbocycles. The van der Waals surface area contributed by atoms with Crippen molar-refractivity contribution in [3.8, 4) is 11.5 Å². The van der Waals surface area contributed by atoms with Gasteiger partial charge in [0.25, 0.3) is 5.91 Å². The largest absolute Gasteiger partial charge is 0.493 e. The standard InChI is InChI=1S/C20H23NO3/c1-4-7-16-10-11-18(19(12-16)23-3)24-14-20(22)21-13-17-9-6-5-8-15(17)2/h4-6,8-12H,1,7,13-14H2,2-3H3,(H,21,22). The van der Waals surface area contributed by atoms with Crippen molar-refractivity contribution in [2.75, 3.05) is 13.7 Å². The van der Waals surface area contributed by atoms with Gasteiger partial charge in [-0.3, -0.25) is 4.79 Å². The van der Waals surface area contributed by atoms with E-state index in [1.165, 1.54) is 0 Å². The van der Waals surface area contributed by atoms with E-state index in [-0.39, 0.29) is 12.5 Å². The Morgan fingerprint density at radius 3 is 2.71 bits per heavy atom. The van der Waals surface area contributed by atoms with Gasteiger partial charge >= 0.3 is 0 Å². The van der Waals surface area contributed by atoms with Crippen molar-refractivity contribution >= 4 is 5.91 Å². The van der Waals surface area contributed by atoms with E-state index in [4.69, 9.17) is 9.47 Å². The average molecular weight is 325 g/mol. The van der Waals surface area contributed by atoms with Gasteiger partial charge in [-0.15, -0.1) is 6.58 Å². The summed E-state index contributed by atoms with van der Waals surface area (Å²) < 4.78 is 10.9. The van der Waals surface area contributed by atoms with Crippen LogP contribution in [-0.2, 0) is 17.8 Å². The lowest BCUT2D eigenvalue weighted by Gasteiger charge is -2.12. The molecule has 0 aliphatic heterocycles. The maximum atomic E-state index is 12.0. The van der Waals surface area contributed by atoms with Gasteiger partial charge in [-0.25, -0.2) is 0 Å². The Balaban J connectivity index is 1.89. The predicted octanol–water partition coefficient (Wildman–Crippen LogP) is 3.43. The molecular weight excluding hydrogens is 302 g/mol. The number of hydrogen-bond donors (Lipinski definition) is 1. The first-order valence-electron chi connectivity index (χ1n) is 7.86. The third kappa shape index (κ3) is 4.88. The Hall–Kier alpha value is -2.75. The Morgan fingerprint density at radius 2 is 2.00 bits per heavy atom. The smallest absolute Gasteiger partial charge is 0.258 e. The Bertz CT molecular complexity index is 710. The lowest BCUT2D eigenvalue weighted by Crippen LogP contribution is -2.28. The Morgan fingerprint density at radius 1 is 1.21 bits per heavy atom. The van der Waals surface area contributed by atoms with Crippen molar-refractivity contribution in [2.45, 2.75) is 19.9 Å². The molecule has 4 heteroatoms. The number of carbonyl (C=O) groups is 1. The predicted molar refractivity (Wildman–Crippen MR) is 95.4 cm³/mol. The highest BCUT2D eigenvalue weighted by Gasteiger charge is 2.09. The normalized spacial score (nSPS) is 10.1. The summed E-state index contributed by atoms with van der Waals surface area (Å²) in [4.78, 5) is 12.0. The SMILES string of the molecule is C=CCc1ccc(OCC(=O)NCc2ccccc2C)c(OC)c1. The zero-order chi connectivity index (χ0) is 17.4. The van der Waals surface area contributed by atoms with Crippen LogP contribution in [0, 0.1) is 6.92 Å². The number of nitrogens with one attached hydrogen (secondary N) is 1. The summed E-state index contributed by atoms with van der Waals surface area (Å²) in [6, 6.07) is 13.6. The van der Waals surface area contributed by atoms with Gasteiger partial charge in [0.05, 0.1) is 7.11 Å². The molecule has 0 heterocycles. The monoisotopic (exact) mass is 325 g/mol. The molecule has 1 amide bonds. The van der Waals surface area contributed by atoms with Crippen LogP contribution in [0.5, 0.6) is 11.5 Å². The highest BCUT2D eigenvalue weighted by molar-refractivity contribution is 5.77. The van der Waals surface area contributed by atoms with E-state index in [1.54, 1.807) is 7.11 Å². The van der Waals surface area contributed by atoms with Crippen molar-refractivity contribution in [2.24, 2.45) is 0 Å². The third-order valence-corrected chi connectivity index (χ3v) is 3.70. The molecule has 2 rings (SSSR count). The fraction of sp³-hybridized carbons (Fsp3) is 0.250. The van der Waals surface area contributed by atoms with Crippen LogP contribution < -0.4 is 14.8 Å². The van der Waals surface area contributed by atoms with E-state index in [1.807, 2.05) is 55.5 Å². The van der Waals surface area contributed by atoms with Crippen LogP contribution in [0.25, 0.3) is 0 Å². The third-order valence-electron chi connectivity index (χ3n) is 3.70. The number of amides is 1. The molecule has 2 aromatic rings. The van der Waals surface area contributed by atoms with Crippen molar-refractivity contribution in [1.29, 1.82) is 0 Å². The van der Waals surface area contributed by atoms with Crippen molar-refractivity contribution in [1.82, 2.24) is 5.32 Å². The summed E-state index contributed by atoms with van der Waals surface area (Å²) >= 11 is 0. The molecule has 1 N–H and O–H groups in total. The highest BCUT2D eigenvalue weighted by Crippen LogP contribution is 2.28. The summed E-state index contributed by atoms with van der Waals surface area (Å²) in [6.07, 6.45) is 2.59. The molecule has 0 aliphatic carbocycles. The van der Waals surface area contributed by atoms with Gasteiger partial charge in [-0.05, 0) is 42.2 Å². The summed E-state index contributed by atoms with van der Waals surface area (Å²) in [7, 11) is 1.58. The maximum absolute atomic E-state index is 12.0. The van der Waals surface area contributed by atoms with Crippen LogP contribution in [0.4, 0.5) is 0 Å². The fourth-order valence-electron chi connectivity index (χ4n) is 2.32. The number of allylic oxidation sites excluding steroid dienone is 1. The maximum Gasteiger partial charge on any atom is 0.258 e. The van der Waals surface area contributed by atoms with Gasteiger partial charge in [0.1, 0.15) is 0 Å². The molecule has 0 aliphatic rings. The summed E-state index contributed by atoms with van der Waals surface area (Å²) in [5.74, 6) is 0.993. The lowest BCUT2D eigenvalue weighted by atomic mass is 10.1. The van der Waals surface area contributed by atoms with Crippen LogP contribution in [0.15, 0.2) is 55.1 Å². The average Bonchev–Trinajstić information content (AvgIpc) is 2.60. The molecule has 0 unspecified atom stereocenters. The lowest BCUT2D eigenvalue weighted by molar-refractivity contribution is -0.123. The summed E-state index contributed by atoms with van der Waals surface area (Å²) in [5, 5.41) is 2.86. The van der Waals surface area contributed by atoms with E-state index in [0.717, 1.165) is 23.1 Å². The molecular formula is C20H23NO3. The van der Waals surface area contributed by atoms with Crippen LogP contribution in [0.2, 0.25) is 0 Å². The first-order chi connectivity index (χ1) is 11.6. The quantitative estimate of drug-likeness (QED) is 0.757. The topological polar surface area (TPSA) is 47.6 Å². The molecule has 0 bridgehead atoms. The van der Waals surface area contributed by atoms with Crippen LogP contribution >= 0.6 is 0 Å². The number of carbonyl (C=O) groups excluding carboxylic acids is 1. The van der Waals surface area contributed by atoms with Gasteiger partial charge in [0.15, 0.2) is 18.1 Å². The molecule has 24 heavy (non-hydrogen) atoms. The molecule has 4 nitrogen and oxygen atoms in total. The zero-order valence-corrected chi connectivity index (χ0v) is 14.2.